The lowest BCUT2D eigenvalue weighted by Gasteiger charge is -2.05. The van der Waals surface area contributed by atoms with Crippen molar-refractivity contribution in [3.8, 4) is 0 Å². The van der Waals surface area contributed by atoms with E-state index in [0.717, 1.165) is 12.1 Å². The zero-order valence-corrected chi connectivity index (χ0v) is 11.3. The van der Waals surface area contributed by atoms with Crippen LogP contribution in [0, 0.1) is 0 Å². The van der Waals surface area contributed by atoms with Crippen LogP contribution in [0.15, 0.2) is 36.4 Å². The van der Waals surface area contributed by atoms with Crippen LogP contribution in [0.1, 0.15) is 28.5 Å². The molecule has 0 N–H and O–H groups in total. The molecule has 18 heavy (non-hydrogen) atoms. The number of hydrogen-bond donors (Lipinski definition) is 0. The Labute approximate surface area is 116 Å². The van der Waals surface area contributed by atoms with E-state index in [0.29, 0.717) is 16.1 Å². The van der Waals surface area contributed by atoms with Crippen LogP contribution in [0.4, 0.5) is 0 Å². The first-order valence-electron chi connectivity index (χ1n) is 5.57. The normalized spacial score (nSPS) is 10.4. The van der Waals surface area contributed by atoms with Crippen LogP contribution in [-0.4, -0.2) is 10.8 Å². The summed E-state index contributed by atoms with van der Waals surface area (Å²) in [6.07, 6.45) is 0.783. The predicted octanol–water partition coefficient (Wildman–Crippen LogP) is 4.18. The van der Waals surface area contributed by atoms with E-state index in [4.69, 9.17) is 23.2 Å². The molecule has 0 aliphatic heterocycles. The fraction of sp³-hybridized carbons (Fsp3) is 0.143. The van der Waals surface area contributed by atoms with Crippen molar-refractivity contribution in [2.75, 3.05) is 0 Å². The summed E-state index contributed by atoms with van der Waals surface area (Å²) in [4.78, 5) is 16.4. The summed E-state index contributed by atoms with van der Waals surface area (Å²) in [5, 5.41) is 0.759. The minimum Gasteiger partial charge on any atom is -0.288 e. The first-order valence-corrected chi connectivity index (χ1v) is 6.33. The topological polar surface area (TPSA) is 30.0 Å². The number of carbonyl (C=O) groups excluding carboxylic acids is 1. The summed E-state index contributed by atoms with van der Waals surface area (Å²) >= 11 is 11.9. The molecule has 2 nitrogen and oxygen atoms in total. The third kappa shape index (κ3) is 2.71. The van der Waals surface area contributed by atoms with Gasteiger partial charge in [0.2, 0.25) is 0 Å². The Bertz CT molecular complexity index is 596. The Hall–Kier alpha value is -1.38. The molecule has 0 saturated carbocycles. The lowest BCUT2D eigenvalue weighted by atomic mass is 10.0. The van der Waals surface area contributed by atoms with Crippen LogP contribution in [0.3, 0.4) is 0 Å². The molecule has 2 rings (SSSR count). The van der Waals surface area contributed by atoms with Gasteiger partial charge in [-0.3, -0.25) is 4.79 Å². The van der Waals surface area contributed by atoms with E-state index in [1.807, 2.05) is 13.0 Å². The van der Waals surface area contributed by atoms with Crippen LogP contribution in [0.5, 0.6) is 0 Å². The summed E-state index contributed by atoms with van der Waals surface area (Å²) in [7, 11) is 0. The molecule has 1 heterocycles. The predicted molar refractivity (Wildman–Crippen MR) is 73.5 cm³/mol. The maximum atomic E-state index is 12.2. The quantitative estimate of drug-likeness (QED) is 0.623. The molecule has 0 bridgehead atoms. The maximum Gasteiger partial charge on any atom is 0.196 e. The number of aryl methyl sites for hydroxylation is 1. The van der Waals surface area contributed by atoms with Crippen LogP contribution in [-0.2, 0) is 6.42 Å². The second kappa shape index (κ2) is 5.51. The molecule has 1 aromatic heterocycles. The number of rotatable bonds is 3. The van der Waals surface area contributed by atoms with E-state index in [1.54, 1.807) is 30.3 Å². The minimum absolute atomic E-state index is 0.169. The van der Waals surface area contributed by atoms with Gasteiger partial charge in [-0.05, 0) is 30.7 Å². The van der Waals surface area contributed by atoms with Gasteiger partial charge in [-0.1, -0.05) is 42.3 Å². The summed E-state index contributed by atoms with van der Waals surface area (Å²) < 4.78 is 0. The first kappa shape index (κ1) is 13.1. The highest BCUT2D eigenvalue weighted by atomic mass is 35.5. The van der Waals surface area contributed by atoms with Crippen molar-refractivity contribution >= 4 is 29.0 Å². The van der Waals surface area contributed by atoms with E-state index in [1.165, 1.54) is 0 Å². The number of aromatic nitrogens is 1. The van der Waals surface area contributed by atoms with Gasteiger partial charge in [0.15, 0.2) is 5.78 Å². The zero-order chi connectivity index (χ0) is 13.1. The second-order valence-electron chi connectivity index (χ2n) is 3.83. The molecule has 1 aromatic carbocycles. The average molecular weight is 280 g/mol. The Morgan fingerprint density at radius 3 is 2.61 bits per heavy atom. The lowest BCUT2D eigenvalue weighted by molar-refractivity contribution is 0.103. The summed E-state index contributed by atoms with van der Waals surface area (Å²) in [5.74, 6) is -0.169. The van der Waals surface area contributed by atoms with Crippen LogP contribution in [0.25, 0.3) is 0 Å². The fourth-order valence-electron chi connectivity index (χ4n) is 1.62. The highest BCUT2D eigenvalue weighted by molar-refractivity contribution is 6.34. The fourth-order valence-corrected chi connectivity index (χ4v) is 2.07. The average Bonchev–Trinajstić information content (AvgIpc) is 2.37. The van der Waals surface area contributed by atoms with E-state index in [9.17, 15) is 4.79 Å². The standard InChI is InChI=1S/C14H11Cl2NO/c1-2-11-6-7-12(14(16)17-11)13(18)9-4-3-5-10(15)8-9/h3-8H,2H2,1H3. The molecule has 0 unspecified atom stereocenters. The number of hydrogen-bond acceptors (Lipinski definition) is 2. The van der Waals surface area contributed by atoms with Crippen molar-refractivity contribution in [1.82, 2.24) is 4.98 Å². The van der Waals surface area contributed by atoms with E-state index >= 15 is 0 Å². The maximum absolute atomic E-state index is 12.2. The van der Waals surface area contributed by atoms with Crippen molar-refractivity contribution in [3.63, 3.8) is 0 Å². The van der Waals surface area contributed by atoms with Crippen molar-refractivity contribution < 1.29 is 4.79 Å². The Kier molecular flexibility index (Phi) is 4.00. The lowest BCUT2D eigenvalue weighted by Crippen LogP contribution is -2.04. The largest absolute Gasteiger partial charge is 0.288 e. The molecule has 0 spiro atoms. The number of ketones is 1. The van der Waals surface area contributed by atoms with Gasteiger partial charge < -0.3 is 0 Å². The van der Waals surface area contributed by atoms with Crippen LogP contribution >= 0.6 is 23.2 Å². The molecule has 92 valence electrons. The minimum atomic E-state index is -0.169. The Morgan fingerprint density at radius 2 is 2.00 bits per heavy atom. The zero-order valence-electron chi connectivity index (χ0n) is 9.78. The molecule has 2 aromatic rings. The number of nitrogens with zero attached hydrogens (tertiary/aromatic N) is 1. The summed E-state index contributed by atoms with van der Waals surface area (Å²) in [6, 6.07) is 10.3. The molecule has 0 aliphatic rings. The SMILES string of the molecule is CCc1ccc(C(=O)c2cccc(Cl)c2)c(Cl)n1. The summed E-state index contributed by atoms with van der Waals surface area (Å²) in [5.41, 5.74) is 1.77. The molecule has 0 amide bonds. The third-order valence-electron chi connectivity index (χ3n) is 2.60. The highest BCUT2D eigenvalue weighted by Gasteiger charge is 2.14. The van der Waals surface area contributed by atoms with Gasteiger partial charge in [0.05, 0.1) is 5.56 Å². The Morgan fingerprint density at radius 1 is 1.22 bits per heavy atom. The molecular formula is C14H11Cl2NO. The van der Waals surface area contributed by atoms with Gasteiger partial charge in [-0.15, -0.1) is 0 Å². The van der Waals surface area contributed by atoms with Gasteiger partial charge in [-0.25, -0.2) is 4.98 Å². The highest BCUT2D eigenvalue weighted by Crippen LogP contribution is 2.20. The Balaban J connectivity index is 2.40. The smallest absolute Gasteiger partial charge is 0.196 e. The molecule has 0 aliphatic carbocycles. The molecule has 0 saturated heterocycles. The monoisotopic (exact) mass is 279 g/mol. The molecule has 0 fully saturated rings. The molecular weight excluding hydrogens is 269 g/mol. The van der Waals surface area contributed by atoms with E-state index in [2.05, 4.69) is 4.98 Å². The van der Waals surface area contributed by atoms with Crippen molar-refractivity contribution in [3.05, 3.63) is 63.4 Å². The van der Waals surface area contributed by atoms with Gasteiger partial charge in [0, 0.05) is 16.3 Å². The van der Waals surface area contributed by atoms with Crippen molar-refractivity contribution in [2.24, 2.45) is 0 Å². The van der Waals surface area contributed by atoms with Gasteiger partial charge in [-0.2, -0.15) is 0 Å². The van der Waals surface area contributed by atoms with Gasteiger partial charge >= 0.3 is 0 Å². The number of carbonyl (C=O) groups is 1. The van der Waals surface area contributed by atoms with Gasteiger partial charge in [0.1, 0.15) is 5.15 Å². The molecule has 0 radical (unpaired) electrons. The number of pyridine rings is 1. The second-order valence-corrected chi connectivity index (χ2v) is 4.63. The van der Waals surface area contributed by atoms with E-state index in [-0.39, 0.29) is 10.9 Å². The van der Waals surface area contributed by atoms with Crippen molar-refractivity contribution in [2.45, 2.75) is 13.3 Å². The third-order valence-corrected chi connectivity index (χ3v) is 3.12. The summed E-state index contributed by atoms with van der Waals surface area (Å²) in [6.45, 7) is 1.98. The number of halogens is 2. The van der Waals surface area contributed by atoms with Crippen LogP contribution < -0.4 is 0 Å². The first-order chi connectivity index (χ1) is 8.61. The van der Waals surface area contributed by atoms with E-state index < -0.39 is 0 Å². The number of benzene rings is 1. The van der Waals surface area contributed by atoms with Crippen molar-refractivity contribution in [1.29, 1.82) is 0 Å². The molecule has 0 atom stereocenters. The molecule has 4 heteroatoms. The van der Waals surface area contributed by atoms with Gasteiger partial charge in [0.25, 0.3) is 0 Å². The van der Waals surface area contributed by atoms with Crippen LogP contribution in [0.2, 0.25) is 10.2 Å².